The summed E-state index contributed by atoms with van der Waals surface area (Å²) in [4.78, 5) is 4.31. The van der Waals surface area contributed by atoms with Gasteiger partial charge in [-0.2, -0.15) is 0 Å². The zero-order valence-corrected chi connectivity index (χ0v) is 15.0. The van der Waals surface area contributed by atoms with Crippen molar-refractivity contribution in [2.45, 2.75) is 0 Å². The van der Waals surface area contributed by atoms with Gasteiger partial charge in [-0.25, -0.2) is 13.8 Å². The third kappa shape index (κ3) is 3.00. The van der Waals surface area contributed by atoms with Gasteiger partial charge in [-0.3, -0.25) is 20.7 Å². The van der Waals surface area contributed by atoms with Crippen molar-refractivity contribution in [3.8, 4) is 16.8 Å². The number of hydrogen-bond donors (Lipinski definition) is 3. The van der Waals surface area contributed by atoms with E-state index in [2.05, 4.69) is 4.98 Å². The van der Waals surface area contributed by atoms with Crippen LogP contribution >= 0.6 is 11.6 Å². The van der Waals surface area contributed by atoms with Crippen molar-refractivity contribution in [3.05, 3.63) is 83.1 Å². The highest BCUT2D eigenvalue weighted by molar-refractivity contribution is 6.31. The van der Waals surface area contributed by atoms with E-state index in [0.29, 0.717) is 22.3 Å². The lowest BCUT2D eigenvalue weighted by molar-refractivity contribution is 0.234. The number of nitrogens with zero attached hydrogens (tertiary/aromatic N) is 2. The minimum atomic E-state index is -0.811. The molecule has 0 radical (unpaired) electrons. The topological polar surface area (TPSA) is 73.9 Å². The van der Waals surface area contributed by atoms with Crippen LogP contribution in [0.4, 0.5) is 8.78 Å². The molecule has 1 aromatic heterocycles. The van der Waals surface area contributed by atoms with E-state index in [-0.39, 0.29) is 16.4 Å². The fourth-order valence-corrected chi connectivity index (χ4v) is 3.20. The minimum Gasteiger partial charge on any atom is -0.299 e. The lowest BCUT2D eigenvalue weighted by Crippen LogP contribution is -2.18. The number of hydroxylamine groups is 1. The van der Waals surface area contributed by atoms with Gasteiger partial charge in [-0.05, 0) is 48.0 Å². The second-order valence-electron chi connectivity index (χ2n) is 6.07. The smallest absolute Gasteiger partial charge is 0.152 e. The van der Waals surface area contributed by atoms with Gasteiger partial charge in [0.2, 0.25) is 0 Å². The molecule has 0 aliphatic heterocycles. The first-order valence-electron chi connectivity index (χ1n) is 8.20. The predicted octanol–water partition coefficient (Wildman–Crippen LogP) is 4.93. The number of benzene rings is 3. The number of hydrogen-bond acceptors (Lipinski definition) is 3. The summed E-state index contributed by atoms with van der Waals surface area (Å²) < 4.78 is 30.4. The molecule has 3 aromatic carbocycles. The summed E-state index contributed by atoms with van der Waals surface area (Å²) in [6, 6.07) is 14.1. The van der Waals surface area contributed by atoms with Crippen LogP contribution in [0.15, 0.2) is 60.9 Å². The van der Waals surface area contributed by atoms with Gasteiger partial charge in [0, 0.05) is 11.3 Å². The van der Waals surface area contributed by atoms with Crippen molar-refractivity contribution >= 4 is 28.5 Å². The molecule has 8 heteroatoms. The maximum absolute atomic E-state index is 14.4. The molecule has 0 spiro atoms. The molecule has 0 unspecified atom stereocenters. The zero-order chi connectivity index (χ0) is 19.8. The molecule has 4 aromatic rings. The van der Waals surface area contributed by atoms with Crippen molar-refractivity contribution in [1.82, 2.24) is 15.0 Å². The van der Waals surface area contributed by atoms with Crippen LogP contribution in [0.5, 0.6) is 0 Å². The van der Waals surface area contributed by atoms with Gasteiger partial charge in [0.15, 0.2) is 5.82 Å². The van der Waals surface area contributed by atoms with Crippen LogP contribution in [0.1, 0.15) is 5.56 Å². The molecule has 0 fully saturated rings. The molecular weight excluding hydrogens is 386 g/mol. The van der Waals surface area contributed by atoms with Crippen LogP contribution in [0.2, 0.25) is 5.02 Å². The van der Waals surface area contributed by atoms with E-state index in [1.807, 2.05) is 0 Å². The van der Waals surface area contributed by atoms with Gasteiger partial charge < -0.3 is 0 Å². The molecule has 0 saturated carbocycles. The summed E-state index contributed by atoms with van der Waals surface area (Å²) in [5.74, 6) is -1.66. The first kappa shape index (κ1) is 18.1. The Hall–Kier alpha value is -3.29. The number of imidazole rings is 1. The van der Waals surface area contributed by atoms with E-state index in [1.54, 1.807) is 58.8 Å². The van der Waals surface area contributed by atoms with Crippen molar-refractivity contribution in [3.63, 3.8) is 0 Å². The highest BCUT2D eigenvalue weighted by Gasteiger charge is 2.16. The number of halogens is 3. The summed E-state index contributed by atoms with van der Waals surface area (Å²) in [6.45, 7) is 0. The molecule has 140 valence electrons. The molecule has 5 nitrogen and oxygen atoms in total. The van der Waals surface area contributed by atoms with Gasteiger partial charge in [0.1, 0.15) is 18.0 Å². The molecule has 0 aliphatic carbocycles. The van der Waals surface area contributed by atoms with Crippen LogP contribution < -0.4 is 5.48 Å². The maximum atomic E-state index is 14.4. The van der Waals surface area contributed by atoms with Crippen molar-refractivity contribution < 1.29 is 14.0 Å². The van der Waals surface area contributed by atoms with E-state index >= 15 is 0 Å². The Kier molecular flexibility index (Phi) is 4.54. The lowest BCUT2D eigenvalue weighted by Gasteiger charge is -2.10. The number of fused-ring (bicyclic) bond motifs is 1. The normalized spacial score (nSPS) is 11.0. The molecule has 1 heterocycles. The standard InChI is InChI=1S/C20H13ClF2N4O/c21-14-5-6-15(22)18(19(14)23)11-2-1-3-13(8-11)27-10-25-16-9-12(20(24)26-28)4-7-17(16)27/h1-10,28H,(H2,24,26). The Bertz CT molecular complexity index is 1220. The summed E-state index contributed by atoms with van der Waals surface area (Å²) in [5.41, 5.74) is 4.41. The van der Waals surface area contributed by atoms with Gasteiger partial charge >= 0.3 is 0 Å². The minimum absolute atomic E-state index is 0.148. The molecule has 4 rings (SSSR count). The molecule has 0 amide bonds. The van der Waals surface area contributed by atoms with E-state index in [0.717, 1.165) is 11.6 Å². The van der Waals surface area contributed by atoms with Gasteiger partial charge in [0.05, 0.1) is 21.6 Å². The highest BCUT2D eigenvalue weighted by atomic mass is 35.5. The average molecular weight is 399 g/mol. The van der Waals surface area contributed by atoms with E-state index < -0.39 is 11.6 Å². The first-order chi connectivity index (χ1) is 13.5. The lowest BCUT2D eigenvalue weighted by atomic mass is 10.0. The Labute approximate surface area is 163 Å². The molecular formula is C20H13ClF2N4O. The predicted molar refractivity (Wildman–Crippen MR) is 103 cm³/mol. The number of nitrogens with one attached hydrogen (secondary N) is 2. The Balaban J connectivity index is 1.83. The first-order valence-corrected chi connectivity index (χ1v) is 8.58. The summed E-state index contributed by atoms with van der Waals surface area (Å²) in [5, 5.41) is 16.4. The zero-order valence-electron chi connectivity index (χ0n) is 14.2. The molecule has 3 N–H and O–H groups in total. The van der Waals surface area contributed by atoms with Crippen LogP contribution in [0.25, 0.3) is 27.8 Å². The molecule has 0 aliphatic rings. The monoisotopic (exact) mass is 398 g/mol. The largest absolute Gasteiger partial charge is 0.299 e. The van der Waals surface area contributed by atoms with E-state index in [4.69, 9.17) is 22.2 Å². The molecule has 28 heavy (non-hydrogen) atoms. The quantitative estimate of drug-likeness (QED) is 0.198. The van der Waals surface area contributed by atoms with Crippen molar-refractivity contribution in [1.29, 1.82) is 5.41 Å². The highest BCUT2D eigenvalue weighted by Crippen LogP contribution is 2.32. The third-order valence-electron chi connectivity index (χ3n) is 4.40. The molecule has 0 bridgehead atoms. The van der Waals surface area contributed by atoms with Crippen LogP contribution in [0, 0.1) is 17.0 Å². The van der Waals surface area contributed by atoms with E-state index in [1.165, 1.54) is 6.07 Å². The van der Waals surface area contributed by atoms with Crippen molar-refractivity contribution in [2.75, 3.05) is 0 Å². The van der Waals surface area contributed by atoms with Crippen LogP contribution in [-0.4, -0.2) is 20.6 Å². The SMILES string of the molecule is N=C(NO)c1ccc2c(c1)ncn2-c1cccc(-c2c(F)ccc(Cl)c2F)c1. The fraction of sp³-hybridized carbons (Fsp3) is 0. The molecule has 0 saturated heterocycles. The Morgan fingerprint density at radius 2 is 1.93 bits per heavy atom. The number of aromatic nitrogens is 2. The van der Waals surface area contributed by atoms with Crippen LogP contribution in [-0.2, 0) is 0 Å². The average Bonchev–Trinajstić information content (AvgIpc) is 3.14. The van der Waals surface area contributed by atoms with Gasteiger partial charge in [-0.1, -0.05) is 23.7 Å². The second-order valence-corrected chi connectivity index (χ2v) is 6.48. The number of amidine groups is 1. The molecule has 0 atom stereocenters. The Morgan fingerprint density at radius 3 is 2.71 bits per heavy atom. The van der Waals surface area contributed by atoms with Gasteiger partial charge in [-0.15, -0.1) is 0 Å². The summed E-state index contributed by atoms with van der Waals surface area (Å²) in [6.07, 6.45) is 1.58. The fourth-order valence-electron chi connectivity index (χ4n) is 3.04. The van der Waals surface area contributed by atoms with Gasteiger partial charge in [0.25, 0.3) is 0 Å². The maximum Gasteiger partial charge on any atom is 0.152 e. The van der Waals surface area contributed by atoms with Crippen LogP contribution in [0.3, 0.4) is 0 Å². The number of rotatable bonds is 3. The summed E-state index contributed by atoms with van der Waals surface area (Å²) in [7, 11) is 0. The van der Waals surface area contributed by atoms with Crippen molar-refractivity contribution in [2.24, 2.45) is 0 Å². The van der Waals surface area contributed by atoms with E-state index in [9.17, 15) is 8.78 Å². The second kappa shape index (κ2) is 7.03. The third-order valence-corrected chi connectivity index (χ3v) is 4.70. The Morgan fingerprint density at radius 1 is 1.11 bits per heavy atom. The summed E-state index contributed by atoms with van der Waals surface area (Å²) >= 11 is 5.81.